The predicted molar refractivity (Wildman–Crippen MR) is 94.8 cm³/mol. The Hall–Kier alpha value is -1.32. The van der Waals surface area contributed by atoms with Gasteiger partial charge >= 0.3 is 0 Å². The summed E-state index contributed by atoms with van der Waals surface area (Å²) in [5.41, 5.74) is 3.92. The second-order valence-electron chi connectivity index (χ2n) is 5.29. The Balaban J connectivity index is 2.23. The third-order valence-electron chi connectivity index (χ3n) is 3.69. The van der Waals surface area contributed by atoms with Crippen molar-refractivity contribution >= 4 is 21.6 Å². The molecule has 21 heavy (non-hydrogen) atoms. The van der Waals surface area contributed by atoms with Crippen molar-refractivity contribution in [1.82, 2.24) is 5.32 Å². The summed E-state index contributed by atoms with van der Waals surface area (Å²) in [6.45, 7) is 6.22. The molecule has 2 aromatic carbocycles. The predicted octanol–water partition coefficient (Wildman–Crippen LogP) is 4.76. The fourth-order valence-corrected chi connectivity index (χ4v) is 2.99. The zero-order chi connectivity index (χ0) is 15.2. The van der Waals surface area contributed by atoms with E-state index in [0.29, 0.717) is 6.04 Å². The van der Waals surface area contributed by atoms with Gasteiger partial charge in [0.2, 0.25) is 0 Å². The smallest absolute Gasteiger partial charge is 0.0437 e. The standard InChI is InChI=1S/C18H23BrN2/c1-4-20-14(2)16-10-6-8-12-18(16)21(3)13-15-9-5-7-11-17(15)19/h5-12,14,20H,4,13H2,1-3H3. The van der Waals surface area contributed by atoms with Gasteiger partial charge in [0.15, 0.2) is 0 Å². The highest BCUT2D eigenvalue weighted by Gasteiger charge is 2.13. The molecular formula is C18H23BrN2. The molecule has 2 nitrogen and oxygen atoms in total. The molecule has 2 aromatic rings. The van der Waals surface area contributed by atoms with Crippen molar-refractivity contribution in [2.45, 2.75) is 26.4 Å². The van der Waals surface area contributed by atoms with Crippen LogP contribution in [0.4, 0.5) is 5.69 Å². The Kier molecular flexibility index (Phi) is 5.83. The summed E-state index contributed by atoms with van der Waals surface area (Å²) < 4.78 is 1.16. The van der Waals surface area contributed by atoms with E-state index in [4.69, 9.17) is 0 Å². The maximum atomic E-state index is 3.63. The zero-order valence-electron chi connectivity index (χ0n) is 12.9. The highest BCUT2D eigenvalue weighted by molar-refractivity contribution is 9.10. The maximum absolute atomic E-state index is 3.63. The number of para-hydroxylation sites is 1. The highest BCUT2D eigenvalue weighted by Crippen LogP contribution is 2.27. The minimum atomic E-state index is 0.355. The lowest BCUT2D eigenvalue weighted by atomic mass is 10.0. The largest absolute Gasteiger partial charge is 0.370 e. The summed E-state index contributed by atoms with van der Waals surface area (Å²) in [6.07, 6.45) is 0. The lowest BCUT2D eigenvalue weighted by molar-refractivity contribution is 0.597. The molecule has 0 fully saturated rings. The van der Waals surface area contributed by atoms with Crippen LogP contribution in [0.5, 0.6) is 0 Å². The van der Waals surface area contributed by atoms with Gasteiger partial charge in [0.25, 0.3) is 0 Å². The molecule has 1 atom stereocenters. The molecule has 0 aliphatic rings. The van der Waals surface area contributed by atoms with E-state index in [1.807, 2.05) is 0 Å². The molecule has 0 aliphatic carbocycles. The molecule has 0 radical (unpaired) electrons. The normalized spacial score (nSPS) is 12.2. The molecule has 0 aliphatic heterocycles. The summed E-state index contributed by atoms with van der Waals surface area (Å²) in [7, 11) is 2.15. The van der Waals surface area contributed by atoms with E-state index < -0.39 is 0 Å². The molecule has 112 valence electrons. The summed E-state index contributed by atoms with van der Waals surface area (Å²) in [5, 5.41) is 3.50. The van der Waals surface area contributed by atoms with Crippen molar-refractivity contribution in [2.75, 3.05) is 18.5 Å². The van der Waals surface area contributed by atoms with Gasteiger partial charge in [-0.05, 0) is 36.7 Å². The van der Waals surface area contributed by atoms with E-state index in [9.17, 15) is 0 Å². The Morgan fingerprint density at radius 2 is 1.76 bits per heavy atom. The Labute approximate surface area is 136 Å². The second kappa shape index (κ2) is 7.62. The van der Waals surface area contributed by atoms with Gasteiger partial charge < -0.3 is 10.2 Å². The van der Waals surface area contributed by atoms with E-state index in [2.05, 4.69) is 95.6 Å². The summed E-state index contributed by atoms with van der Waals surface area (Å²) in [6, 6.07) is 17.4. The van der Waals surface area contributed by atoms with E-state index >= 15 is 0 Å². The first-order valence-electron chi connectivity index (χ1n) is 7.40. The number of benzene rings is 2. The summed E-state index contributed by atoms with van der Waals surface area (Å²) >= 11 is 3.63. The van der Waals surface area contributed by atoms with E-state index in [-0.39, 0.29) is 0 Å². The van der Waals surface area contributed by atoms with Crippen LogP contribution in [0.2, 0.25) is 0 Å². The van der Waals surface area contributed by atoms with Crippen LogP contribution in [0.15, 0.2) is 53.0 Å². The van der Waals surface area contributed by atoms with E-state index in [1.54, 1.807) is 0 Å². The third-order valence-corrected chi connectivity index (χ3v) is 4.46. The average Bonchev–Trinajstić information content (AvgIpc) is 2.50. The molecular weight excluding hydrogens is 324 g/mol. The fourth-order valence-electron chi connectivity index (χ4n) is 2.58. The maximum Gasteiger partial charge on any atom is 0.0437 e. The number of nitrogens with zero attached hydrogens (tertiary/aromatic N) is 1. The number of anilines is 1. The lowest BCUT2D eigenvalue weighted by Gasteiger charge is -2.26. The first-order chi connectivity index (χ1) is 10.1. The minimum Gasteiger partial charge on any atom is -0.370 e. The first-order valence-corrected chi connectivity index (χ1v) is 8.19. The monoisotopic (exact) mass is 346 g/mol. The minimum absolute atomic E-state index is 0.355. The molecule has 0 bridgehead atoms. The molecule has 2 rings (SSSR count). The van der Waals surface area contributed by atoms with Gasteiger partial charge in [-0.2, -0.15) is 0 Å². The van der Waals surface area contributed by atoms with Gasteiger partial charge in [0.1, 0.15) is 0 Å². The van der Waals surface area contributed by atoms with Gasteiger partial charge in [0.05, 0.1) is 0 Å². The average molecular weight is 347 g/mol. The quantitative estimate of drug-likeness (QED) is 0.811. The van der Waals surface area contributed by atoms with Crippen LogP contribution in [0, 0.1) is 0 Å². The van der Waals surface area contributed by atoms with E-state index in [1.165, 1.54) is 16.8 Å². The van der Waals surface area contributed by atoms with Gasteiger partial charge in [-0.1, -0.05) is 59.3 Å². The highest BCUT2D eigenvalue weighted by atomic mass is 79.9. The van der Waals surface area contributed by atoms with Crippen LogP contribution >= 0.6 is 15.9 Å². The van der Waals surface area contributed by atoms with Crippen molar-refractivity contribution in [1.29, 1.82) is 0 Å². The van der Waals surface area contributed by atoms with Crippen molar-refractivity contribution in [3.05, 3.63) is 64.1 Å². The topological polar surface area (TPSA) is 15.3 Å². The molecule has 0 heterocycles. The van der Waals surface area contributed by atoms with Crippen LogP contribution in [-0.4, -0.2) is 13.6 Å². The van der Waals surface area contributed by atoms with Gasteiger partial charge in [-0.25, -0.2) is 0 Å². The van der Waals surface area contributed by atoms with Crippen molar-refractivity contribution in [2.24, 2.45) is 0 Å². The Morgan fingerprint density at radius 1 is 1.10 bits per heavy atom. The number of nitrogens with one attached hydrogen (secondary N) is 1. The van der Waals surface area contributed by atoms with Crippen LogP contribution < -0.4 is 10.2 Å². The molecule has 1 N–H and O–H groups in total. The SMILES string of the molecule is CCNC(C)c1ccccc1N(C)Cc1ccccc1Br. The van der Waals surface area contributed by atoms with Crippen molar-refractivity contribution < 1.29 is 0 Å². The van der Waals surface area contributed by atoms with Gasteiger partial charge in [-0.15, -0.1) is 0 Å². The Bertz CT molecular complexity index is 583. The Morgan fingerprint density at radius 3 is 2.48 bits per heavy atom. The van der Waals surface area contributed by atoms with Crippen LogP contribution in [0.3, 0.4) is 0 Å². The van der Waals surface area contributed by atoms with Crippen LogP contribution in [-0.2, 0) is 6.54 Å². The fraction of sp³-hybridized carbons (Fsp3) is 0.333. The van der Waals surface area contributed by atoms with E-state index in [0.717, 1.165) is 17.6 Å². The zero-order valence-corrected chi connectivity index (χ0v) is 14.5. The van der Waals surface area contributed by atoms with Crippen LogP contribution in [0.25, 0.3) is 0 Å². The molecule has 0 saturated heterocycles. The van der Waals surface area contributed by atoms with Crippen molar-refractivity contribution in [3.63, 3.8) is 0 Å². The lowest BCUT2D eigenvalue weighted by Crippen LogP contribution is -2.23. The molecule has 3 heteroatoms. The number of halogens is 1. The molecule has 0 spiro atoms. The third kappa shape index (κ3) is 4.08. The number of hydrogen-bond donors (Lipinski definition) is 1. The number of rotatable bonds is 6. The summed E-state index contributed by atoms with van der Waals surface area (Å²) in [5.74, 6) is 0. The second-order valence-corrected chi connectivity index (χ2v) is 6.14. The first kappa shape index (κ1) is 16.1. The summed E-state index contributed by atoms with van der Waals surface area (Å²) in [4.78, 5) is 2.31. The number of hydrogen-bond acceptors (Lipinski definition) is 2. The van der Waals surface area contributed by atoms with Gasteiger partial charge in [-0.3, -0.25) is 0 Å². The van der Waals surface area contributed by atoms with Gasteiger partial charge in [0, 0.05) is 29.8 Å². The van der Waals surface area contributed by atoms with Crippen molar-refractivity contribution in [3.8, 4) is 0 Å². The molecule has 0 aromatic heterocycles. The molecule has 0 saturated carbocycles. The molecule has 0 amide bonds. The van der Waals surface area contributed by atoms with Crippen LogP contribution in [0.1, 0.15) is 31.0 Å². The molecule has 1 unspecified atom stereocenters.